The number of benzene rings is 1. The number of hydrogen-bond acceptors (Lipinski definition) is 4. The second-order valence-electron chi connectivity index (χ2n) is 5.46. The molecule has 0 bridgehead atoms. The minimum Gasteiger partial charge on any atom is -0.494 e. The molecule has 0 aliphatic heterocycles. The zero-order chi connectivity index (χ0) is 18.1. The van der Waals surface area contributed by atoms with Gasteiger partial charge in [-0.15, -0.1) is 0 Å². The van der Waals surface area contributed by atoms with Gasteiger partial charge in [0.25, 0.3) is 0 Å². The van der Waals surface area contributed by atoms with Crippen molar-refractivity contribution < 1.29 is 13.9 Å². The average molecular weight is 346 g/mol. The highest BCUT2D eigenvalue weighted by atomic mass is 19.1. The number of anilines is 2. The summed E-state index contributed by atoms with van der Waals surface area (Å²) in [4.78, 5) is 16.0. The van der Waals surface area contributed by atoms with E-state index in [0.717, 1.165) is 17.8 Å². The number of ether oxygens (including phenoxy) is 1. The number of aromatic nitrogens is 1. The number of carbonyl (C=O) groups excluding carboxylic acids is 1. The van der Waals surface area contributed by atoms with Crippen LogP contribution in [0.3, 0.4) is 0 Å². The summed E-state index contributed by atoms with van der Waals surface area (Å²) in [6.07, 6.45) is 2.51. The Morgan fingerprint density at radius 2 is 2.08 bits per heavy atom. The number of urea groups is 1. The van der Waals surface area contributed by atoms with Gasteiger partial charge in [0.1, 0.15) is 17.4 Å². The van der Waals surface area contributed by atoms with Crippen molar-refractivity contribution in [2.45, 2.75) is 20.3 Å². The van der Waals surface area contributed by atoms with Crippen LogP contribution in [-0.2, 0) is 0 Å². The molecule has 0 spiro atoms. The highest BCUT2D eigenvalue weighted by Crippen LogP contribution is 2.20. The molecule has 0 radical (unpaired) electrons. The van der Waals surface area contributed by atoms with E-state index in [1.165, 1.54) is 12.1 Å². The molecule has 0 fully saturated rings. The third kappa shape index (κ3) is 6.29. The van der Waals surface area contributed by atoms with Crippen LogP contribution in [0.25, 0.3) is 0 Å². The Morgan fingerprint density at radius 3 is 2.76 bits per heavy atom. The van der Waals surface area contributed by atoms with Crippen LogP contribution in [0, 0.1) is 12.7 Å². The molecule has 6 nitrogen and oxygen atoms in total. The first kappa shape index (κ1) is 18.5. The van der Waals surface area contributed by atoms with Crippen LogP contribution in [0.4, 0.5) is 20.7 Å². The zero-order valence-corrected chi connectivity index (χ0v) is 14.4. The Kier molecular flexibility index (Phi) is 7.00. The summed E-state index contributed by atoms with van der Waals surface area (Å²) in [5.41, 5.74) is 1.22. The number of aryl methyl sites for hydroxylation is 1. The Hall–Kier alpha value is -2.83. The summed E-state index contributed by atoms with van der Waals surface area (Å²) < 4.78 is 19.1. The van der Waals surface area contributed by atoms with Gasteiger partial charge in [-0.2, -0.15) is 0 Å². The second-order valence-corrected chi connectivity index (χ2v) is 5.46. The van der Waals surface area contributed by atoms with Crippen LogP contribution < -0.4 is 20.7 Å². The summed E-state index contributed by atoms with van der Waals surface area (Å²) in [7, 11) is 0. The molecule has 1 aromatic heterocycles. The summed E-state index contributed by atoms with van der Waals surface area (Å²) in [5, 5.41) is 8.33. The van der Waals surface area contributed by atoms with E-state index >= 15 is 0 Å². The van der Waals surface area contributed by atoms with E-state index in [-0.39, 0.29) is 5.69 Å². The fraction of sp³-hybridized carbons (Fsp3) is 0.333. The van der Waals surface area contributed by atoms with Crippen LogP contribution in [-0.4, -0.2) is 30.7 Å². The molecular formula is C18H23FN4O2. The number of pyridine rings is 1. The molecule has 0 saturated heterocycles. The molecule has 1 heterocycles. The molecule has 2 amide bonds. The van der Waals surface area contributed by atoms with Crippen LogP contribution >= 0.6 is 0 Å². The Bertz CT molecular complexity index is 692. The third-order valence-electron chi connectivity index (χ3n) is 3.36. The van der Waals surface area contributed by atoms with Gasteiger partial charge < -0.3 is 20.7 Å². The first-order valence-electron chi connectivity index (χ1n) is 8.22. The van der Waals surface area contributed by atoms with E-state index in [2.05, 4.69) is 20.9 Å². The lowest BCUT2D eigenvalue weighted by Gasteiger charge is -2.10. The van der Waals surface area contributed by atoms with E-state index in [4.69, 9.17) is 4.74 Å². The van der Waals surface area contributed by atoms with Gasteiger partial charge >= 0.3 is 6.03 Å². The van der Waals surface area contributed by atoms with Crippen LogP contribution in [0.1, 0.15) is 18.9 Å². The Morgan fingerprint density at radius 1 is 1.24 bits per heavy atom. The molecule has 0 saturated carbocycles. The Balaban J connectivity index is 1.67. The monoisotopic (exact) mass is 346 g/mol. The average Bonchev–Trinajstić information content (AvgIpc) is 2.59. The molecule has 7 heteroatoms. The zero-order valence-electron chi connectivity index (χ0n) is 14.4. The fourth-order valence-corrected chi connectivity index (χ4v) is 2.10. The lowest BCUT2D eigenvalue weighted by molar-refractivity contribution is 0.252. The number of rotatable bonds is 8. The van der Waals surface area contributed by atoms with E-state index in [9.17, 15) is 9.18 Å². The van der Waals surface area contributed by atoms with Crippen LogP contribution in [0.15, 0.2) is 36.5 Å². The third-order valence-corrected chi connectivity index (χ3v) is 3.36. The van der Waals surface area contributed by atoms with E-state index in [0.29, 0.717) is 25.4 Å². The number of carbonyl (C=O) groups is 1. The summed E-state index contributed by atoms with van der Waals surface area (Å²) in [6, 6.07) is 7.77. The maximum atomic E-state index is 13.9. The van der Waals surface area contributed by atoms with Crippen LogP contribution in [0.5, 0.6) is 5.75 Å². The SMILES string of the molecule is CCOc1ccc(NC(=O)NCCCNc2ccc(C)cn2)c(F)c1. The lowest BCUT2D eigenvalue weighted by atomic mass is 10.3. The molecular weight excluding hydrogens is 323 g/mol. The molecule has 134 valence electrons. The van der Waals surface area contributed by atoms with E-state index in [1.54, 1.807) is 12.3 Å². The van der Waals surface area contributed by atoms with Gasteiger partial charge in [0.15, 0.2) is 0 Å². The minimum atomic E-state index is -0.534. The number of nitrogens with one attached hydrogen (secondary N) is 3. The quantitative estimate of drug-likeness (QED) is 0.639. The van der Waals surface area contributed by atoms with Crippen molar-refractivity contribution in [3.8, 4) is 5.75 Å². The number of nitrogens with zero attached hydrogens (tertiary/aromatic N) is 1. The number of amides is 2. The van der Waals surface area contributed by atoms with Crippen molar-refractivity contribution in [2.24, 2.45) is 0 Å². The van der Waals surface area contributed by atoms with E-state index in [1.807, 2.05) is 26.0 Å². The van der Waals surface area contributed by atoms with Crippen LogP contribution in [0.2, 0.25) is 0 Å². The highest BCUT2D eigenvalue weighted by Gasteiger charge is 2.07. The predicted octanol–water partition coefficient (Wildman–Crippen LogP) is 3.55. The minimum absolute atomic E-state index is 0.114. The van der Waals surface area contributed by atoms with Gasteiger partial charge in [0.2, 0.25) is 0 Å². The summed E-state index contributed by atoms with van der Waals surface area (Å²) in [5.74, 6) is 0.696. The second kappa shape index (κ2) is 9.46. The molecule has 0 aliphatic carbocycles. The molecule has 0 aliphatic rings. The normalized spacial score (nSPS) is 10.2. The standard InChI is InChI=1S/C18H23FN4O2/c1-3-25-14-6-7-16(15(19)11-14)23-18(24)21-10-4-9-20-17-8-5-13(2)12-22-17/h5-8,11-12H,3-4,9-10H2,1-2H3,(H,20,22)(H2,21,23,24). The lowest BCUT2D eigenvalue weighted by Crippen LogP contribution is -2.30. The number of halogens is 1. The molecule has 1 aromatic carbocycles. The van der Waals surface area contributed by atoms with Crippen molar-refractivity contribution in [1.29, 1.82) is 0 Å². The molecule has 2 rings (SSSR count). The molecule has 25 heavy (non-hydrogen) atoms. The largest absolute Gasteiger partial charge is 0.494 e. The van der Waals surface area contributed by atoms with Crippen molar-refractivity contribution in [1.82, 2.24) is 10.3 Å². The fourth-order valence-electron chi connectivity index (χ4n) is 2.10. The first-order chi connectivity index (χ1) is 12.1. The summed E-state index contributed by atoms with van der Waals surface area (Å²) in [6.45, 7) is 5.39. The molecule has 2 aromatic rings. The van der Waals surface area contributed by atoms with Gasteiger partial charge in [-0.1, -0.05) is 6.07 Å². The van der Waals surface area contributed by atoms with Crippen molar-refractivity contribution >= 4 is 17.5 Å². The van der Waals surface area contributed by atoms with Gasteiger partial charge in [0, 0.05) is 25.4 Å². The number of hydrogen-bond donors (Lipinski definition) is 3. The maximum Gasteiger partial charge on any atom is 0.319 e. The molecule has 0 atom stereocenters. The smallest absolute Gasteiger partial charge is 0.319 e. The van der Waals surface area contributed by atoms with Gasteiger partial charge in [-0.05, 0) is 44.0 Å². The highest BCUT2D eigenvalue weighted by molar-refractivity contribution is 5.89. The topological polar surface area (TPSA) is 75.3 Å². The van der Waals surface area contributed by atoms with Gasteiger partial charge in [-0.3, -0.25) is 0 Å². The van der Waals surface area contributed by atoms with Crippen molar-refractivity contribution in [3.63, 3.8) is 0 Å². The van der Waals surface area contributed by atoms with Crippen molar-refractivity contribution in [3.05, 3.63) is 47.9 Å². The van der Waals surface area contributed by atoms with Gasteiger partial charge in [-0.25, -0.2) is 14.2 Å². The maximum absolute atomic E-state index is 13.9. The first-order valence-corrected chi connectivity index (χ1v) is 8.22. The Labute approximate surface area is 146 Å². The van der Waals surface area contributed by atoms with Gasteiger partial charge in [0.05, 0.1) is 12.3 Å². The predicted molar refractivity (Wildman–Crippen MR) is 96.7 cm³/mol. The van der Waals surface area contributed by atoms with Crippen molar-refractivity contribution in [2.75, 3.05) is 30.3 Å². The molecule has 0 unspecified atom stereocenters. The van der Waals surface area contributed by atoms with E-state index < -0.39 is 11.8 Å². The molecule has 3 N–H and O–H groups in total. The summed E-state index contributed by atoms with van der Waals surface area (Å²) >= 11 is 0.